The predicted octanol–water partition coefficient (Wildman–Crippen LogP) is 3.27. The Hall–Kier alpha value is -1.33. The van der Waals surface area contributed by atoms with E-state index in [4.69, 9.17) is 9.15 Å². The number of aliphatic hydroxyl groups is 1. The Bertz CT molecular complexity index is 524. The van der Waals surface area contributed by atoms with Crippen LogP contribution in [0.4, 0.5) is 4.39 Å². The van der Waals surface area contributed by atoms with Crippen LogP contribution in [0.2, 0.25) is 0 Å². The lowest BCUT2D eigenvalue weighted by Crippen LogP contribution is -2.00. The normalized spacial score (nSPS) is 12.5. The monoisotopic (exact) mass is 300 g/mol. The van der Waals surface area contributed by atoms with Crippen LogP contribution in [0.25, 0.3) is 0 Å². The molecule has 0 aliphatic carbocycles. The van der Waals surface area contributed by atoms with Crippen molar-refractivity contribution in [3.63, 3.8) is 0 Å². The van der Waals surface area contributed by atoms with Gasteiger partial charge < -0.3 is 14.3 Å². The number of halogens is 2. The highest BCUT2D eigenvalue weighted by molar-refractivity contribution is 9.10. The van der Waals surface area contributed by atoms with Gasteiger partial charge in [-0.15, -0.1) is 0 Å². The Morgan fingerprint density at radius 1 is 1.41 bits per heavy atom. The molecule has 0 saturated carbocycles. The minimum Gasteiger partial charge on any atom is -0.494 e. The van der Waals surface area contributed by atoms with Crippen molar-refractivity contribution in [1.29, 1.82) is 0 Å². The molecule has 0 bridgehead atoms. The molecule has 5 heteroatoms. The standard InChI is InChI=1S/C12H10BrFO3/c1-16-10-6-7(2-3-9(10)14)11(15)12-8(13)4-5-17-12/h2-6,11,15H,1H3. The molecule has 0 radical (unpaired) electrons. The summed E-state index contributed by atoms with van der Waals surface area (Å²) in [7, 11) is 1.37. The van der Waals surface area contributed by atoms with Crippen LogP contribution in [-0.2, 0) is 0 Å². The van der Waals surface area contributed by atoms with Crippen molar-refractivity contribution in [2.45, 2.75) is 6.10 Å². The zero-order valence-corrected chi connectivity index (χ0v) is 10.6. The fourth-order valence-electron chi connectivity index (χ4n) is 1.50. The van der Waals surface area contributed by atoms with Crippen molar-refractivity contribution < 1.29 is 18.7 Å². The summed E-state index contributed by atoms with van der Waals surface area (Å²) in [5.74, 6) is -0.00940. The summed E-state index contributed by atoms with van der Waals surface area (Å²) in [5, 5.41) is 10.1. The molecule has 1 N–H and O–H groups in total. The zero-order valence-electron chi connectivity index (χ0n) is 8.98. The molecule has 0 fully saturated rings. The zero-order chi connectivity index (χ0) is 12.4. The first-order valence-corrected chi connectivity index (χ1v) is 5.67. The van der Waals surface area contributed by atoms with Gasteiger partial charge in [0, 0.05) is 0 Å². The summed E-state index contributed by atoms with van der Waals surface area (Å²) < 4.78 is 23.9. The number of furan rings is 1. The molecular weight excluding hydrogens is 291 g/mol. The van der Waals surface area contributed by atoms with E-state index < -0.39 is 11.9 Å². The average molecular weight is 301 g/mol. The molecule has 17 heavy (non-hydrogen) atoms. The largest absolute Gasteiger partial charge is 0.494 e. The van der Waals surface area contributed by atoms with E-state index in [1.54, 1.807) is 6.07 Å². The molecule has 2 rings (SSSR count). The Kier molecular flexibility index (Phi) is 3.49. The van der Waals surface area contributed by atoms with E-state index in [0.29, 0.717) is 15.8 Å². The average Bonchev–Trinajstić information content (AvgIpc) is 2.75. The third-order valence-electron chi connectivity index (χ3n) is 2.38. The van der Waals surface area contributed by atoms with Crippen molar-refractivity contribution in [2.75, 3.05) is 7.11 Å². The van der Waals surface area contributed by atoms with Gasteiger partial charge in [0.2, 0.25) is 0 Å². The highest BCUT2D eigenvalue weighted by atomic mass is 79.9. The lowest BCUT2D eigenvalue weighted by molar-refractivity contribution is 0.187. The summed E-state index contributed by atoms with van der Waals surface area (Å²) >= 11 is 3.26. The number of methoxy groups -OCH3 is 1. The lowest BCUT2D eigenvalue weighted by atomic mass is 10.1. The lowest BCUT2D eigenvalue weighted by Gasteiger charge is -2.11. The van der Waals surface area contributed by atoms with Gasteiger partial charge in [-0.3, -0.25) is 0 Å². The van der Waals surface area contributed by atoms with Gasteiger partial charge in [0.1, 0.15) is 6.10 Å². The maximum atomic E-state index is 13.2. The van der Waals surface area contributed by atoms with Crippen LogP contribution in [0, 0.1) is 5.82 Å². The molecule has 90 valence electrons. The van der Waals surface area contributed by atoms with Gasteiger partial charge in [0.05, 0.1) is 17.8 Å². The number of benzene rings is 1. The molecule has 1 aromatic heterocycles. The number of rotatable bonds is 3. The van der Waals surface area contributed by atoms with Crippen molar-refractivity contribution in [1.82, 2.24) is 0 Å². The molecule has 1 aromatic carbocycles. The van der Waals surface area contributed by atoms with Gasteiger partial charge >= 0.3 is 0 Å². The van der Waals surface area contributed by atoms with E-state index in [0.717, 1.165) is 0 Å². The Morgan fingerprint density at radius 3 is 2.76 bits per heavy atom. The molecule has 0 saturated heterocycles. The van der Waals surface area contributed by atoms with E-state index in [9.17, 15) is 9.50 Å². The fraction of sp³-hybridized carbons (Fsp3) is 0.167. The van der Waals surface area contributed by atoms with Gasteiger partial charge in [-0.25, -0.2) is 4.39 Å². The highest BCUT2D eigenvalue weighted by Crippen LogP contribution is 2.31. The number of hydrogen-bond donors (Lipinski definition) is 1. The first-order valence-electron chi connectivity index (χ1n) is 4.88. The maximum absolute atomic E-state index is 13.2. The van der Waals surface area contributed by atoms with Crippen LogP contribution in [0.5, 0.6) is 5.75 Å². The van der Waals surface area contributed by atoms with Gasteiger partial charge in [-0.05, 0) is 39.7 Å². The van der Waals surface area contributed by atoms with Gasteiger partial charge in [-0.1, -0.05) is 6.07 Å². The molecule has 2 aromatic rings. The number of ether oxygens (including phenoxy) is 1. The molecule has 0 aliphatic heterocycles. The van der Waals surface area contributed by atoms with Crippen LogP contribution < -0.4 is 4.74 Å². The minimum absolute atomic E-state index is 0.0872. The summed E-state index contributed by atoms with van der Waals surface area (Å²) in [6.07, 6.45) is 0.498. The Labute approximate surface area is 106 Å². The molecular formula is C12H10BrFO3. The van der Waals surface area contributed by atoms with E-state index in [1.807, 2.05) is 0 Å². The van der Waals surface area contributed by atoms with Crippen molar-refractivity contribution in [2.24, 2.45) is 0 Å². The Balaban J connectivity index is 2.38. The second-order valence-corrected chi connectivity index (χ2v) is 4.28. The summed E-state index contributed by atoms with van der Waals surface area (Å²) in [4.78, 5) is 0. The van der Waals surface area contributed by atoms with Gasteiger partial charge in [-0.2, -0.15) is 0 Å². The van der Waals surface area contributed by atoms with Crippen LogP contribution in [-0.4, -0.2) is 12.2 Å². The Morgan fingerprint density at radius 2 is 2.18 bits per heavy atom. The number of hydrogen-bond acceptors (Lipinski definition) is 3. The maximum Gasteiger partial charge on any atom is 0.165 e. The summed E-state index contributed by atoms with van der Waals surface area (Å²) in [6.45, 7) is 0. The molecule has 1 unspecified atom stereocenters. The summed E-state index contributed by atoms with van der Waals surface area (Å²) in [5.41, 5.74) is 0.499. The minimum atomic E-state index is -0.964. The van der Waals surface area contributed by atoms with E-state index >= 15 is 0 Å². The second-order valence-electron chi connectivity index (χ2n) is 3.43. The third kappa shape index (κ3) is 2.35. The van der Waals surface area contributed by atoms with Crippen LogP contribution in [0.15, 0.2) is 39.4 Å². The van der Waals surface area contributed by atoms with Crippen LogP contribution in [0.3, 0.4) is 0 Å². The van der Waals surface area contributed by atoms with Crippen molar-refractivity contribution in [3.05, 3.63) is 52.1 Å². The van der Waals surface area contributed by atoms with Gasteiger partial charge in [0.15, 0.2) is 17.3 Å². The highest BCUT2D eigenvalue weighted by Gasteiger charge is 2.18. The van der Waals surface area contributed by atoms with Crippen molar-refractivity contribution >= 4 is 15.9 Å². The van der Waals surface area contributed by atoms with E-state index in [-0.39, 0.29) is 5.75 Å². The van der Waals surface area contributed by atoms with Crippen molar-refractivity contribution in [3.8, 4) is 5.75 Å². The molecule has 0 amide bonds. The third-order valence-corrected chi connectivity index (χ3v) is 3.04. The first-order chi connectivity index (χ1) is 8.13. The quantitative estimate of drug-likeness (QED) is 0.946. The molecule has 1 heterocycles. The fourth-order valence-corrected chi connectivity index (χ4v) is 1.92. The predicted molar refractivity (Wildman–Crippen MR) is 63.4 cm³/mol. The van der Waals surface area contributed by atoms with Crippen LogP contribution in [0.1, 0.15) is 17.4 Å². The molecule has 3 nitrogen and oxygen atoms in total. The smallest absolute Gasteiger partial charge is 0.165 e. The van der Waals surface area contributed by atoms with E-state index in [2.05, 4.69) is 15.9 Å². The van der Waals surface area contributed by atoms with Crippen LogP contribution >= 0.6 is 15.9 Å². The summed E-state index contributed by atoms with van der Waals surface area (Å²) in [6, 6.07) is 5.85. The van der Waals surface area contributed by atoms with E-state index in [1.165, 1.54) is 31.6 Å². The topological polar surface area (TPSA) is 42.6 Å². The molecule has 1 atom stereocenters. The molecule has 0 spiro atoms. The first kappa shape index (κ1) is 12.1. The van der Waals surface area contributed by atoms with Gasteiger partial charge in [0.25, 0.3) is 0 Å². The number of aliphatic hydroxyl groups excluding tert-OH is 1. The SMILES string of the molecule is COc1cc(C(O)c2occc2Br)ccc1F. The second kappa shape index (κ2) is 4.89. The molecule has 0 aliphatic rings.